The second kappa shape index (κ2) is 7.04. The molecule has 0 bridgehead atoms. The summed E-state index contributed by atoms with van der Waals surface area (Å²) in [6.45, 7) is 4.32. The van der Waals surface area contributed by atoms with E-state index in [1.807, 2.05) is 12.1 Å². The largest absolute Gasteiger partial charge is 0.381 e. The lowest BCUT2D eigenvalue weighted by molar-refractivity contribution is -0.117. The molecule has 2 aromatic rings. The van der Waals surface area contributed by atoms with Crippen molar-refractivity contribution in [3.05, 3.63) is 83.6 Å². The molecule has 0 fully saturated rings. The molecule has 1 aliphatic carbocycles. The van der Waals surface area contributed by atoms with E-state index in [1.54, 1.807) is 6.08 Å². The second-order valence-corrected chi connectivity index (χ2v) is 7.45. The average molecular weight is 319 g/mol. The van der Waals surface area contributed by atoms with E-state index in [0.717, 1.165) is 18.5 Å². The maximum atomic E-state index is 12.0. The maximum Gasteiger partial charge on any atom is 0.157 e. The van der Waals surface area contributed by atoms with Crippen LogP contribution in [-0.4, -0.2) is 5.78 Å². The predicted octanol–water partition coefficient (Wildman–Crippen LogP) is 4.83. The van der Waals surface area contributed by atoms with E-state index in [2.05, 4.69) is 67.7 Å². The number of hydrogen-bond donors (Lipinski definition) is 1. The molecule has 3 rings (SSSR count). The summed E-state index contributed by atoms with van der Waals surface area (Å²) in [6, 6.07) is 21.1. The van der Waals surface area contributed by atoms with Gasteiger partial charge < -0.3 is 5.32 Å². The highest BCUT2D eigenvalue weighted by atomic mass is 16.1. The Bertz CT molecular complexity index is 716. The molecule has 0 saturated carbocycles. The van der Waals surface area contributed by atoms with Gasteiger partial charge >= 0.3 is 0 Å². The van der Waals surface area contributed by atoms with E-state index in [1.165, 1.54) is 11.1 Å². The van der Waals surface area contributed by atoms with Crippen molar-refractivity contribution in [3.63, 3.8) is 0 Å². The van der Waals surface area contributed by atoms with Gasteiger partial charge in [-0.05, 0) is 29.4 Å². The lowest BCUT2D eigenvalue weighted by atomic mass is 9.78. The molecule has 2 nitrogen and oxygen atoms in total. The first-order valence-electron chi connectivity index (χ1n) is 8.61. The standard InChI is InChI=1S/C22H25NO/c1-22(2)15-19(14-20(24)16-22)23-21(18-11-7-4-8-12-18)13-17-9-5-3-6-10-17/h3-12,14,21,23H,13,15-16H2,1-2H3. The third-order valence-corrected chi connectivity index (χ3v) is 4.50. The van der Waals surface area contributed by atoms with E-state index in [-0.39, 0.29) is 17.2 Å². The van der Waals surface area contributed by atoms with E-state index in [9.17, 15) is 4.79 Å². The minimum atomic E-state index is 0.0299. The van der Waals surface area contributed by atoms with Gasteiger partial charge in [0.05, 0.1) is 6.04 Å². The Balaban J connectivity index is 1.84. The molecular formula is C22H25NO. The Labute approximate surface area is 144 Å². The summed E-state index contributed by atoms with van der Waals surface area (Å²) in [4.78, 5) is 12.0. The summed E-state index contributed by atoms with van der Waals surface area (Å²) in [5.74, 6) is 0.222. The number of hydrogen-bond acceptors (Lipinski definition) is 2. The van der Waals surface area contributed by atoms with Crippen molar-refractivity contribution in [1.82, 2.24) is 5.32 Å². The zero-order chi connectivity index (χ0) is 17.0. The van der Waals surface area contributed by atoms with Crippen LogP contribution in [0.1, 0.15) is 43.9 Å². The van der Waals surface area contributed by atoms with Crippen molar-refractivity contribution < 1.29 is 4.79 Å². The van der Waals surface area contributed by atoms with E-state index < -0.39 is 0 Å². The number of nitrogens with one attached hydrogen (secondary N) is 1. The molecule has 0 radical (unpaired) electrons. The quantitative estimate of drug-likeness (QED) is 0.855. The molecule has 0 saturated heterocycles. The number of carbonyl (C=O) groups is 1. The SMILES string of the molecule is CC1(C)CC(=O)C=C(NC(Cc2ccccc2)c2ccccc2)C1. The van der Waals surface area contributed by atoms with Crippen LogP contribution in [0.25, 0.3) is 0 Å². The first-order chi connectivity index (χ1) is 11.5. The zero-order valence-corrected chi connectivity index (χ0v) is 14.5. The minimum absolute atomic E-state index is 0.0299. The topological polar surface area (TPSA) is 29.1 Å². The highest BCUT2D eigenvalue weighted by Crippen LogP contribution is 2.34. The van der Waals surface area contributed by atoms with Crippen LogP contribution in [0.2, 0.25) is 0 Å². The van der Waals surface area contributed by atoms with Crippen molar-refractivity contribution in [2.24, 2.45) is 5.41 Å². The molecule has 1 atom stereocenters. The first-order valence-corrected chi connectivity index (χ1v) is 8.61. The van der Waals surface area contributed by atoms with Crippen molar-refractivity contribution in [2.75, 3.05) is 0 Å². The zero-order valence-electron chi connectivity index (χ0n) is 14.5. The van der Waals surface area contributed by atoms with Gasteiger partial charge in [-0.3, -0.25) is 4.79 Å². The molecule has 2 aromatic carbocycles. The van der Waals surface area contributed by atoms with Crippen LogP contribution in [0.4, 0.5) is 0 Å². The van der Waals surface area contributed by atoms with Gasteiger partial charge in [-0.25, -0.2) is 0 Å². The van der Waals surface area contributed by atoms with Gasteiger partial charge in [0, 0.05) is 18.2 Å². The Kier molecular flexibility index (Phi) is 4.84. The van der Waals surface area contributed by atoms with Crippen molar-refractivity contribution in [1.29, 1.82) is 0 Å². The summed E-state index contributed by atoms with van der Waals surface area (Å²) in [5.41, 5.74) is 3.63. The molecule has 0 heterocycles. The Hall–Kier alpha value is -2.35. The van der Waals surface area contributed by atoms with Gasteiger partial charge in [0.15, 0.2) is 5.78 Å². The summed E-state index contributed by atoms with van der Waals surface area (Å²) in [7, 11) is 0. The molecule has 1 N–H and O–H groups in total. The van der Waals surface area contributed by atoms with Crippen LogP contribution in [0.15, 0.2) is 72.4 Å². The van der Waals surface area contributed by atoms with Crippen LogP contribution in [0, 0.1) is 5.41 Å². The van der Waals surface area contributed by atoms with Gasteiger partial charge in [-0.2, -0.15) is 0 Å². The first kappa shape index (κ1) is 16.5. The summed E-state index contributed by atoms with van der Waals surface area (Å²) < 4.78 is 0. The average Bonchev–Trinajstić information content (AvgIpc) is 2.54. The Morgan fingerprint density at radius 3 is 2.21 bits per heavy atom. The smallest absolute Gasteiger partial charge is 0.157 e. The summed E-state index contributed by atoms with van der Waals surface area (Å²) in [5, 5.41) is 3.65. The fourth-order valence-electron chi connectivity index (χ4n) is 3.45. The number of ketones is 1. The molecule has 0 amide bonds. The molecule has 0 aliphatic heterocycles. The van der Waals surface area contributed by atoms with E-state index in [4.69, 9.17) is 0 Å². The molecule has 1 unspecified atom stereocenters. The molecular weight excluding hydrogens is 294 g/mol. The monoisotopic (exact) mass is 319 g/mol. The molecule has 24 heavy (non-hydrogen) atoms. The van der Waals surface area contributed by atoms with Crippen molar-refractivity contribution >= 4 is 5.78 Å². The molecule has 124 valence electrons. The Morgan fingerprint density at radius 2 is 1.58 bits per heavy atom. The fourth-order valence-corrected chi connectivity index (χ4v) is 3.45. The lowest BCUT2D eigenvalue weighted by Crippen LogP contribution is -2.31. The van der Waals surface area contributed by atoms with Crippen molar-refractivity contribution in [3.8, 4) is 0 Å². The van der Waals surface area contributed by atoms with Crippen LogP contribution >= 0.6 is 0 Å². The fraction of sp³-hybridized carbons (Fsp3) is 0.318. The second-order valence-electron chi connectivity index (χ2n) is 7.45. The number of benzene rings is 2. The molecule has 1 aliphatic rings. The number of allylic oxidation sites excluding steroid dienone is 2. The van der Waals surface area contributed by atoms with Gasteiger partial charge in [-0.15, -0.1) is 0 Å². The highest BCUT2D eigenvalue weighted by molar-refractivity contribution is 5.91. The van der Waals surface area contributed by atoms with Gasteiger partial charge in [-0.1, -0.05) is 74.5 Å². The lowest BCUT2D eigenvalue weighted by Gasteiger charge is -2.32. The van der Waals surface area contributed by atoms with Crippen molar-refractivity contribution in [2.45, 2.75) is 39.2 Å². The highest BCUT2D eigenvalue weighted by Gasteiger charge is 2.28. The third kappa shape index (κ3) is 4.35. The van der Waals surface area contributed by atoms with Crippen LogP contribution in [-0.2, 0) is 11.2 Å². The van der Waals surface area contributed by atoms with Gasteiger partial charge in [0.2, 0.25) is 0 Å². The van der Waals surface area contributed by atoms with Crippen LogP contribution in [0.3, 0.4) is 0 Å². The summed E-state index contributed by atoms with van der Waals surface area (Å²) in [6.07, 6.45) is 4.24. The molecule has 0 aromatic heterocycles. The van der Waals surface area contributed by atoms with Gasteiger partial charge in [0.1, 0.15) is 0 Å². The molecule has 2 heteroatoms. The minimum Gasteiger partial charge on any atom is -0.381 e. The predicted molar refractivity (Wildman–Crippen MR) is 98.6 cm³/mol. The summed E-state index contributed by atoms with van der Waals surface area (Å²) >= 11 is 0. The normalized spacial score (nSPS) is 17.9. The Morgan fingerprint density at radius 1 is 0.958 bits per heavy atom. The van der Waals surface area contributed by atoms with Crippen LogP contribution < -0.4 is 5.32 Å². The molecule has 0 spiro atoms. The van der Waals surface area contributed by atoms with Gasteiger partial charge in [0.25, 0.3) is 0 Å². The third-order valence-electron chi connectivity index (χ3n) is 4.50. The van der Waals surface area contributed by atoms with E-state index >= 15 is 0 Å². The number of carbonyl (C=O) groups excluding carboxylic acids is 1. The number of rotatable bonds is 5. The maximum absolute atomic E-state index is 12.0. The van der Waals surface area contributed by atoms with Crippen LogP contribution in [0.5, 0.6) is 0 Å². The van der Waals surface area contributed by atoms with E-state index in [0.29, 0.717) is 6.42 Å².